The number of amides is 1. The number of ether oxygens (including phenoxy) is 2. The summed E-state index contributed by atoms with van der Waals surface area (Å²) in [5, 5.41) is 2.90. The third kappa shape index (κ3) is 4.06. The van der Waals surface area contributed by atoms with Crippen LogP contribution in [-0.2, 0) is 11.2 Å². The standard InChI is InChI=1S/C23H20N2O4/c1-27-17-10-7-15(8-11-17)13-22(26)24-16-9-12-19-21(14-16)29-23(25-19)18-5-3-4-6-20(18)28-2/h3-12,14H,13H2,1-2H3,(H,24,26). The van der Waals surface area contributed by atoms with Crippen molar-refractivity contribution in [3.63, 3.8) is 0 Å². The van der Waals surface area contributed by atoms with Crippen LogP contribution in [0.5, 0.6) is 11.5 Å². The lowest BCUT2D eigenvalue weighted by Gasteiger charge is -2.06. The van der Waals surface area contributed by atoms with Gasteiger partial charge in [-0.25, -0.2) is 4.98 Å². The highest BCUT2D eigenvalue weighted by molar-refractivity contribution is 5.94. The molecular formula is C23H20N2O4. The van der Waals surface area contributed by atoms with Gasteiger partial charge in [-0.15, -0.1) is 0 Å². The molecule has 0 aliphatic carbocycles. The number of nitrogens with zero attached hydrogens (tertiary/aromatic N) is 1. The zero-order valence-electron chi connectivity index (χ0n) is 16.1. The fourth-order valence-corrected chi connectivity index (χ4v) is 3.07. The number of rotatable bonds is 6. The molecule has 4 rings (SSSR count). The van der Waals surface area contributed by atoms with Gasteiger partial charge in [0, 0.05) is 11.8 Å². The molecule has 1 N–H and O–H groups in total. The summed E-state index contributed by atoms with van der Waals surface area (Å²) in [6.45, 7) is 0. The number of carbonyl (C=O) groups is 1. The molecular weight excluding hydrogens is 368 g/mol. The first-order valence-electron chi connectivity index (χ1n) is 9.13. The number of para-hydroxylation sites is 1. The second kappa shape index (κ2) is 8.06. The lowest BCUT2D eigenvalue weighted by atomic mass is 10.1. The minimum absolute atomic E-state index is 0.112. The summed E-state index contributed by atoms with van der Waals surface area (Å²) in [7, 11) is 3.22. The maximum absolute atomic E-state index is 12.4. The van der Waals surface area contributed by atoms with Crippen LogP contribution in [0.25, 0.3) is 22.6 Å². The molecule has 29 heavy (non-hydrogen) atoms. The normalized spacial score (nSPS) is 10.7. The molecule has 6 heteroatoms. The molecule has 6 nitrogen and oxygen atoms in total. The molecule has 1 heterocycles. The molecule has 1 aromatic heterocycles. The Labute approximate surface area is 168 Å². The Bertz CT molecular complexity index is 1150. The number of fused-ring (bicyclic) bond motifs is 1. The molecule has 0 unspecified atom stereocenters. The topological polar surface area (TPSA) is 73.6 Å². The predicted molar refractivity (Wildman–Crippen MR) is 111 cm³/mol. The first kappa shape index (κ1) is 18.6. The number of hydrogen-bond donors (Lipinski definition) is 1. The molecule has 0 bridgehead atoms. The number of benzene rings is 3. The highest BCUT2D eigenvalue weighted by Crippen LogP contribution is 2.32. The number of nitrogens with one attached hydrogen (secondary N) is 1. The summed E-state index contributed by atoms with van der Waals surface area (Å²) < 4.78 is 16.4. The Morgan fingerprint density at radius 1 is 1.00 bits per heavy atom. The van der Waals surface area contributed by atoms with Gasteiger partial charge < -0.3 is 19.2 Å². The van der Waals surface area contributed by atoms with Crippen molar-refractivity contribution < 1.29 is 18.7 Å². The summed E-state index contributed by atoms with van der Waals surface area (Å²) >= 11 is 0. The van der Waals surface area contributed by atoms with Gasteiger partial charge in [0.2, 0.25) is 11.8 Å². The zero-order chi connectivity index (χ0) is 20.2. The molecule has 3 aromatic carbocycles. The van der Waals surface area contributed by atoms with Gasteiger partial charge in [0.1, 0.15) is 17.0 Å². The smallest absolute Gasteiger partial charge is 0.231 e. The Balaban J connectivity index is 1.52. The maximum atomic E-state index is 12.4. The van der Waals surface area contributed by atoms with Crippen LogP contribution in [0, 0.1) is 0 Å². The minimum atomic E-state index is -0.112. The van der Waals surface area contributed by atoms with E-state index >= 15 is 0 Å². The summed E-state index contributed by atoms with van der Waals surface area (Å²) in [5.41, 5.74) is 3.63. The fourth-order valence-electron chi connectivity index (χ4n) is 3.07. The van der Waals surface area contributed by atoms with E-state index in [9.17, 15) is 4.79 Å². The van der Waals surface area contributed by atoms with Crippen LogP contribution in [0.3, 0.4) is 0 Å². The van der Waals surface area contributed by atoms with Crippen molar-refractivity contribution in [3.05, 3.63) is 72.3 Å². The average Bonchev–Trinajstić information content (AvgIpc) is 3.17. The lowest BCUT2D eigenvalue weighted by molar-refractivity contribution is -0.115. The van der Waals surface area contributed by atoms with Crippen molar-refractivity contribution in [1.29, 1.82) is 0 Å². The maximum Gasteiger partial charge on any atom is 0.231 e. The Morgan fingerprint density at radius 3 is 2.55 bits per heavy atom. The van der Waals surface area contributed by atoms with Crippen LogP contribution in [0.4, 0.5) is 5.69 Å². The largest absolute Gasteiger partial charge is 0.497 e. The van der Waals surface area contributed by atoms with Crippen molar-refractivity contribution in [3.8, 4) is 23.0 Å². The second-order valence-corrected chi connectivity index (χ2v) is 6.47. The summed E-state index contributed by atoms with van der Waals surface area (Å²) in [5.74, 6) is 1.81. The van der Waals surface area contributed by atoms with Gasteiger partial charge in [-0.05, 0) is 42.0 Å². The quantitative estimate of drug-likeness (QED) is 0.519. The van der Waals surface area contributed by atoms with Crippen molar-refractivity contribution >= 4 is 22.7 Å². The molecule has 0 aliphatic heterocycles. The first-order valence-corrected chi connectivity index (χ1v) is 9.13. The van der Waals surface area contributed by atoms with Crippen molar-refractivity contribution in [2.75, 3.05) is 19.5 Å². The number of anilines is 1. The van der Waals surface area contributed by atoms with Gasteiger partial charge in [-0.3, -0.25) is 4.79 Å². The minimum Gasteiger partial charge on any atom is -0.497 e. The van der Waals surface area contributed by atoms with E-state index in [2.05, 4.69) is 10.3 Å². The van der Waals surface area contributed by atoms with Crippen LogP contribution < -0.4 is 14.8 Å². The van der Waals surface area contributed by atoms with Gasteiger partial charge in [0.05, 0.1) is 26.2 Å². The van der Waals surface area contributed by atoms with E-state index in [1.165, 1.54) is 0 Å². The van der Waals surface area contributed by atoms with Crippen molar-refractivity contribution in [2.24, 2.45) is 0 Å². The number of aromatic nitrogens is 1. The van der Waals surface area contributed by atoms with Crippen molar-refractivity contribution in [2.45, 2.75) is 6.42 Å². The highest BCUT2D eigenvalue weighted by atomic mass is 16.5. The van der Waals surface area contributed by atoms with Crippen LogP contribution in [0.2, 0.25) is 0 Å². The van der Waals surface area contributed by atoms with Gasteiger partial charge in [-0.2, -0.15) is 0 Å². The zero-order valence-corrected chi connectivity index (χ0v) is 16.1. The van der Waals surface area contributed by atoms with Crippen LogP contribution in [0.15, 0.2) is 71.1 Å². The summed E-state index contributed by atoms with van der Waals surface area (Å²) in [4.78, 5) is 16.9. The molecule has 0 spiro atoms. The fraction of sp³-hybridized carbons (Fsp3) is 0.130. The number of oxazole rings is 1. The lowest BCUT2D eigenvalue weighted by Crippen LogP contribution is -2.14. The molecule has 1 amide bonds. The molecule has 0 saturated carbocycles. The second-order valence-electron chi connectivity index (χ2n) is 6.47. The number of carbonyl (C=O) groups excluding carboxylic acids is 1. The third-order valence-electron chi connectivity index (χ3n) is 4.53. The molecule has 0 fully saturated rings. The SMILES string of the molecule is COc1ccc(CC(=O)Nc2ccc3nc(-c4ccccc4OC)oc3c2)cc1. The third-order valence-corrected chi connectivity index (χ3v) is 4.53. The van der Waals surface area contributed by atoms with E-state index in [0.717, 1.165) is 16.9 Å². The van der Waals surface area contributed by atoms with Crippen LogP contribution in [0.1, 0.15) is 5.56 Å². The summed E-state index contributed by atoms with van der Waals surface area (Å²) in [6.07, 6.45) is 0.269. The summed E-state index contributed by atoms with van der Waals surface area (Å²) in [6, 6.07) is 20.4. The van der Waals surface area contributed by atoms with Crippen LogP contribution in [-0.4, -0.2) is 25.1 Å². The van der Waals surface area contributed by atoms with Gasteiger partial charge >= 0.3 is 0 Å². The van der Waals surface area contributed by atoms with E-state index in [1.807, 2.05) is 60.7 Å². The molecule has 4 aromatic rings. The number of methoxy groups -OCH3 is 2. The van der Waals surface area contributed by atoms with E-state index < -0.39 is 0 Å². The monoisotopic (exact) mass is 388 g/mol. The first-order chi connectivity index (χ1) is 14.2. The predicted octanol–water partition coefficient (Wildman–Crippen LogP) is 4.69. The van der Waals surface area contributed by atoms with Crippen molar-refractivity contribution in [1.82, 2.24) is 4.98 Å². The van der Waals surface area contributed by atoms with E-state index in [1.54, 1.807) is 20.3 Å². The molecule has 146 valence electrons. The molecule has 0 aliphatic rings. The van der Waals surface area contributed by atoms with E-state index in [0.29, 0.717) is 28.4 Å². The average molecular weight is 388 g/mol. The number of hydrogen-bond acceptors (Lipinski definition) is 5. The van der Waals surface area contributed by atoms with E-state index in [4.69, 9.17) is 13.9 Å². The Morgan fingerprint density at radius 2 is 1.79 bits per heavy atom. The van der Waals surface area contributed by atoms with Gasteiger partial charge in [0.15, 0.2) is 5.58 Å². The molecule has 0 saturated heterocycles. The van der Waals surface area contributed by atoms with Gasteiger partial charge in [-0.1, -0.05) is 24.3 Å². The van der Waals surface area contributed by atoms with Crippen LogP contribution >= 0.6 is 0 Å². The Kier molecular flexibility index (Phi) is 5.16. The van der Waals surface area contributed by atoms with E-state index in [-0.39, 0.29) is 12.3 Å². The highest BCUT2D eigenvalue weighted by Gasteiger charge is 2.13. The molecule has 0 radical (unpaired) electrons. The Hall–Kier alpha value is -3.80. The molecule has 0 atom stereocenters. The van der Waals surface area contributed by atoms with Gasteiger partial charge in [0.25, 0.3) is 0 Å².